The average Bonchev–Trinajstić information content (AvgIpc) is 3.38. The number of fused-ring (bicyclic) bond motifs is 1. The van der Waals surface area contributed by atoms with E-state index >= 15 is 0 Å². The first-order valence-electron chi connectivity index (χ1n) is 12.4. The molecule has 4 rings (SSSR count). The molecule has 0 radical (unpaired) electrons. The van der Waals surface area contributed by atoms with Crippen molar-refractivity contribution in [2.45, 2.75) is 65.2 Å². The first-order valence-corrected chi connectivity index (χ1v) is 16.3. The standard InChI is InChI=1S/C25H30ClF3IN3S.C2H6/c1-18-16-33(34)30(24-10-9-20(15-22(24)26)11-12-25(27,28)29)23-8-4-3-7-21(23)17-32(18)19(2)31-13-5-6-14-31;1-2/h3-4,7-10,15,18,34H,2,5-6,11-14,16-17H2,1H3;1-2H3/t18-;/m0./s1. The number of benzene rings is 2. The van der Waals surface area contributed by atoms with E-state index in [2.05, 4.69) is 44.0 Å². The van der Waals surface area contributed by atoms with Crippen LogP contribution in [-0.2, 0) is 13.0 Å². The van der Waals surface area contributed by atoms with Gasteiger partial charge in [0.15, 0.2) is 0 Å². The summed E-state index contributed by atoms with van der Waals surface area (Å²) in [4.78, 5) is 4.75. The fourth-order valence-corrected chi connectivity index (χ4v) is 12.0. The van der Waals surface area contributed by atoms with Crippen LogP contribution >= 0.6 is 44.5 Å². The number of rotatable bonds is 5. The molecule has 2 aliphatic rings. The summed E-state index contributed by atoms with van der Waals surface area (Å²) in [6.07, 6.45) is -2.69. The number of aryl methyl sites for hydroxylation is 1. The smallest absolute Gasteiger partial charge is 0.0683 e. The molecule has 1 atom stereocenters. The second-order valence-electron chi connectivity index (χ2n) is 8.82. The van der Waals surface area contributed by atoms with E-state index in [4.69, 9.17) is 24.4 Å². The maximum atomic E-state index is 12.7. The fraction of sp³-hybridized carbons (Fsp3) is 0.481. The predicted molar refractivity (Wildman–Crippen MR) is 156 cm³/mol. The maximum Gasteiger partial charge on any atom is -0.0683 e. The van der Waals surface area contributed by atoms with Crippen molar-refractivity contribution >= 4 is 44.5 Å². The number of nitrogens with zero attached hydrogens (tertiary/aromatic N) is 3. The van der Waals surface area contributed by atoms with E-state index < -0.39 is 32.7 Å². The van der Waals surface area contributed by atoms with Crippen molar-refractivity contribution in [1.82, 2.24) is 12.3 Å². The Kier molecular flexibility index (Phi) is 10.7. The summed E-state index contributed by atoms with van der Waals surface area (Å²) in [7, 11) is 0. The minimum Gasteiger partial charge on any atom is -0.0683 e. The van der Waals surface area contributed by atoms with Crippen molar-refractivity contribution in [1.29, 1.82) is 0 Å². The van der Waals surface area contributed by atoms with Crippen molar-refractivity contribution in [3.8, 4) is 0 Å². The molecule has 0 aliphatic carbocycles. The van der Waals surface area contributed by atoms with Crippen LogP contribution < -0.4 is 0 Å². The summed E-state index contributed by atoms with van der Waals surface area (Å²) in [6.45, 7) is 14.2. The number of likely N-dealkylation sites (tertiary alicyclic amines) is 1. The summed E-state index contributed by atoms with van der Waals surface area (Å²) in [5.74, 6) is 1.07. The van der Waals surface area contributed by atoms with Crippen LogP contribution in [0, 0.1) is 7.14 Å². The van der Waals surface area contributed by atoms with Gasteiger partial charge < -0.3 is 0 Å². The quantitative estimate of drug-likeness (QED) is 0.198. The molecule has 0 aromatic heterocycles. The zero-order valence-corrected chi connectivity index (χ0v) is 25.0. The van der Waals surface area contributed by atoms with Gasteiger partial charge in [0.05, 0.1) is 0 Å². The van der Waals surface area contributed by atoms with Gasteiger partial charge in [-0.3, -0.25) is 0 Å². The Bertz CT molecular complexity index is 1030. The van der Waals surface area contributed by atoms with Gasteiger partial charge in [-0.2, -0.15) is 0 Å². The van der Waals surface area contributed by atoms with Crippen LogP contribution in [-0.4, -0.2) is 44.2 Å². The molecule has 2 heterocycles. The fourth-order valence-electron chi connectivity index (χ4n) is 4.48. The Morgan fingerprint density at radius 3 is 2.42 bits per heavy atom. The van der Waals surface area contributed by atoms with Crippen LogP contribution in [0.1, 0.15) is 51.2 Å². The molecule has 0 N–H and O–H groups in total. The Labute approximate surface area is 232 Å². The predicted octanol–water partition coefficient (Wildman–Crippen LogP) is 8.24. The Morgan fingerprint density at radius 1 is 1.11 bits per heavy atom. The van der Waals surface area contributed by atoms with Crippen molar-refractivity contribution in [3.63, 3.8) is 0 Å². The zero-order chi connectivity index (χ0) is 26.5. The molecule has 0 spiro atoms. The maximum absolute atomic E-state index is 12.7. The third-order valence-corrected chi connectivity index (χ3v) is 13.8. The molecule has 0 unspecified atom stereocenters. The average molecular weight is 654 g/mol. The molecule has 1 fully saturated rings. The van der Waals surface area contributed by atoms with Crippen LogP contribution in [0.2, 0.25) is 5.02 Å². The van der Waals surface area contributed by atoms with E-state index in [-0.39, 0.29) is 12.5 Å². The molecule has 0 bridgehead atoms. The van der Waals surface area contributed by atoms with Gasteiger partial charge >= 0.3 is 219 Å². The molecule has 3 nitrogen and oxygen atoms in total. The summed E-state index contributed by atoms with van der Waals surface area (Å²) in [6, 6.07) is 14.0. The van der Waals surface area contributed by atoms with E-state index in [0.717, 1.165) is 35.6 Å². The molecule has 2 aromatic carbocycles. The molecule has 9 heteroatoms. The monoisotopic (exact) mass is 653 g/mol. The van der Waals surface area contributed by atoms with Crippen LogP contribution in [0.3, 0.4) is 0 Å². The molecule has 36 heavy (non-hydrogen) atoms. The Morgan fingerprint density at radius 2 is 1.78 bits per heavy atom. The summed E-state index contributed by atoms with van der Waals surface area (Å²) >= 11 is 9.43. The van der Waals surface area contributed by atoms with Gasteiger partial charge in [0.25, 0.3) is 0 Å². The molecule has 0 saturated carbocycles. The first-order chi connectivity index (χ1) is 17.1. The van der Waals surface area contributed by atoms with Gasteiger partial charge in [0, 0.05) is 0 Å². The Hall–Kier alpha value is -1.10. The number of hydrogen-bond donors (Lipinski definition) is 1. The Balaban J connectivity index is 0.00000176. The van der Waals surface area contributed by atoms with E-state index in [1.165, 1.54) is 22.0 Å². The summed E-state index contributed by atoms with van der Waals surface area (Å²) in [5, 5.41) is 0.533. The number of alkyl halides is 3. The summed E-state index contributed by atoms with van der Waals surface area (Å²) < 4.78 is 42.4. The van der Waals surface area contributed by atoms with Crippen molar-refractivity contribution in [2.24, 2.45) is 0 Å². The van der Waals surface area contributed by atoms with Crippen LogP contribution in [0.15, 0.2) is 54.9 Å². The van der Waals surface area contributed by atoms with Crippen molar-refractivity contribution in [3.05, 3.63) is 78.2 Å². The van der Waals surface area contributed by atoms with Gasteiger partial charge in [-0.1, -0.05) is 13.8 Å². The number of thiol groups is 1. The third kappa shape index (κ3) is 7.26. The number of hydrogen-bond acceptors (Lipinski definition) is 4. The van der Waals surface area contributed by atoms with Crippen molar-refractivity contribution < 1.29 is 13.2 Å². The van der Waals surface area contributed by atoms with Crippen LogP contribution in [0.5, 0.6) is 0 Å². The second-order valence-corrected chi connectivity index (χ2v) is 15.5. The molecule has 2 aliphatic heterocycles. The normalized spacial score (nSPS) is 19.8. The van der Waals surface area contributed by atoms with Crippen LogP contribution in [0.25, 0.3) is 0 Å². The van der Waals surface area contributed by atoms with Crippen LogP contribution in [0.4, 0.5) is 13.2 Å². The molecule has 2 aromatic rings. The van der Waals surface area contributed by atoms with E-state index in [0.29, 0.717) is 10.6 Å². The third-order valence-electron chi connectivity index (χ3n) is 6.31. The number of halogens is 5. The van der Waals surface area contributed by atoms with Gasteiger partial charge in [0.1, 0.15) is 0 Å². The first kappa shape index (κ1) is 29.5. The molecular weight excluding hydrogens is 618 g/mol. The minimum absolute atomic E-state index is 0.0660. The topological polar surface area (TPSA) is 9.72 Å². The minimum atomic E-state index is -4.18. The van der Waals surface area contributed by atoms with Gasteiger partial charge in [-0.25, -0.2) is 0 Å². The largest absolute Gasteiger partial charge is 0.0683 e. The summed E-state index contributed by atoms with van der Waals surface area (Å²) in [5.41, 5.74) is 1.84. The molecular formula is C27H36ClF3IN3S. The molecule has 200 valence electrons. The van der Waals surface area contributed by atoms with E-state index in [9.17, 15) is 13.2 Å². The van der Waals surface area contributed by atoms with Gasteiger partial charge in [-0.05, 0) is 0 Å². The van der Waals surface area contributed by atoms with Crippen molar-refractivity contribution in [2.75, 3.05) is 19.6 Å². The second kappa shape index (κ2) is 13.1. The molecule has 0 amide bonds. The zero-order valence-electron chi connectivity index (χ0n) is 21.2. The SMILES string of the molecule is C=C(N1CCCC1)N1Cc2ccccc2I(c2ccc(CCC(F)(F)F)cc2Cl)N(S)C[C@@H]1C.CC. The van der Waals surface area contributed by atoms with Gasteiger partial charge in [-0.15, -0.1) is 0 Å². The van der Waals surface area contributed by atoms with Gasteiger partial charge in [0.2, 0.25) is 0 Å². The van der Waals surface area contributed by atoms with E-state index in [1.807, 2.05) is 26.0 Å². The molecule has 1 saturated heterocycles. The van der Waals surface area contributed by atoms with E-state index in [1.54, 1.807) is 12.1 Å².